The van der Waals surface area contributed by atoms with Crippen LogP contribution in [0.25, 0.3) is 0 Å². The molecule has 0 bridgehead atoms. The predicted octanol–water partition coefficient (Wildman–Crippen LogP) is 2.01. The van der Waals surface area contributed by atoms with E-state index in [0.717, 1.165) is 0 Å². The summed E-state index contributed by atoms with van der Waals surface area (Å²) < 4.78 is 5.00. The van der Waals surface area contributed by atoms with E-state index in [1.807, 2.05) is 0 Å². The molecule has 1 aromatic heterocycles. The zero-order valence-electron chi connectivity index (χ0n) is 9.68. The minimum Gasteiger partial charge on any atom is -0.381 e. The first-order valence-corrected chi connectivity index (χ1v) is 5.61. The molecule has 0 saturated carbocycles. The minimum absolute atomic E-state index is 0.0701. The summed E-state index contributed by atoms with van der Waals surface area (Å²) in [6, 6.07) is 2.48. The summed E-state index contributed by atoms with van der Waals surface area (Å²) in [5.74, 6) is -0.574. The van der Waals surface area contributed by atoms with E-state index >= 15 is 0 Å². The van der Waals surface area contributed by atoms with Gasteiger partial charge in [-0.15, -0.1) is 0 Å². The molecule has 1 aromatic rings. The molecule has 0 atom stereocenters. The Kier molecular flexibility index (Phi) is 5.47. The van der Waals surface area contributed by atoms with Gasteiger partial charge in [0.25, 0.3) is 0 Å². The van der Waals surface area contributed by atoms with Crippen molar-refractivity contribution in [2.24, 2.45) is 0 Å². The molecule has 1 heterocycles. The van der Waals surface area contributed by atoms with Gasteiger partial charge in [0, 0.05) is 12.7 Å². The van der Waals surface area contributed by atoms with Crippen molar-refractivity contribution in [1.82, 2.24) is 4.98 Å². The maximum Gasteiger partial charge on any atom is 0.311 e. The summed E-state index contributed by atoms with van der Waals surface area (Å²) in [6.45, 7) is 2.56. The number of carbonyl (C=O) groups is 1. The fourth-order valence-electron chi connectivity index (χ4n) is 1.17. The monoisotopic (exact) mass is 273 g/mol. The lowest BCUT2D eigenvalue weighted by Gasteiger charge is -2.05. The highest BCUT2D eigenvalue weighted by Crippen LogP contribution is 2.23. The maximum atomic E-state index is 11.5. The quantitative estimate of drug-likeness (QED) is 0.370. The molecule has 0 radical (unpaired) electrons. The Balaban J connectivity index is 2.73. The van der Waals surface area contributed by atoms with Gasteiger partial charge in [-0.2, -0.15) is 0 Å². The second-order valence-corrected chi connectivity index (χ2v) is 3.64. The lowest BCUT2D eigenvalue weighted by Crippen LogP contribution is -2.16. The van der Waals surface area contributed by atoms with Crippen LogP contribution in [0.1, 0.15) is 13.3 Å². The highest BCUT2D eigenvalue weighted by molar-refractivity contribution is 6.29. The van der Waals surface area contributed by atoms with Crippen LogP contribution in [0, 0.1) is 10.1 Å². The van der Waals surface area contributed by atoms with Gasteiger partial charge < -0.3 is 10.1 Å². The second kappa shape index (κ2) is 6.87. The van der Waals surface area contributed by atoms with Gasteiger partial charge in [-0.05, 0) is 13.0 Å². The van der Waals surface area contributed by atoms with E-state index in [1.54, 1.807) is 6.92 Å². The number of halogens is 1. The molecule has 1 rings (SSSR count). The number of nitrogens with zero attached hydrogens (tertiary/aromatic N) is 2. The van der Waals surface area contributed by atoms with Crippen molar-refractivity contribution in [2.75, 3.05) is 18.5 Å². The first-order chi connectivity index (χ1) is 8.54. The molecule has 0 saturated heterocycles. The van der Waals surface area contributed by atoms with Crippen LogP contribution in [-0.2, 0) is 9.53 Å². The Morgan fingerprint density at radius 1 is 1.61 bits per heavy atom. The average Bonchev–Trinajstić information content (AvgIpc) is 2.29. The Morgan fingerprint density at radius 2 is 2.33 bits per heavy atom. The summed E-state index contributed by atoms with van der Waals surface area (Å²) in [4.78, 5) is 25.3. The first kappa shape index (κ1) is 14.3. The molecule has 0 aliphatic carbocycles. The molecule has 7 nitrogen and oxygen atoms in total. The number of nitrogens with one attached hydrogen (secondary N) is 1. The zero-order chi connectivity index (χ0) is 13.5. The number of hydrogen-bond acceptors (Lipinski definition) is 5. The van der Waals surface area contributed by atoms with Gasteiger partial charge >= 0.3 is 5.69 Å². The number of ether oxygens (including phenoxy) is 1. The molecule has 1 N–H and O–H groups in total. The third-order valence-corrected chi connectivity index (χ3v) is 2.18. The first-order valence-electron chi connectivity index (χ1n) is 5.23. The molecule has 0 fully saturated rings. The van der Waals surface area contributed by atoms with Crippen LogP contribution in [0.4, 0.5) is 11.5 Å². The van der Waals surface area contributed by atoms with Crippen molar-refractivity contribution in [3.05, 3.63) is 27.4 Å². The van der Waals surface area contributed by atoms with E-state index < -0.39 is 10.8 Å². The van der Waals surface area contributed by atoms with Crippen LogP contribution in [-0.4, -0.2) is 29.0 Å². The fourth-order valence-corrected chi connectivity index (χ4v) is 1.32. The second-order valence-electron chi connectivity index (χ2n) is 3.25. The molecule has 1 amide bonds. The van der Waals surface area contributed by atoms with Crippen molar-refractivity contribution in [3.63, 3.8) is 0 Å². The van der Waals surface area contributed by atoms with Crippen LogP contribution in [0.3, 0.4) is 0 Å². The highest BCUT2D eigenvalue weighted by Gasteiger charge is 2.17. The highest BCUT2D eigenvalue weighted by atomic mass is 35.5. The van der Waals surface area contributed by atoms with E-state index in [0.29, 0.717) is 6.61 Å². The van der Waals surface area contributed by atoms with Crippen molar-refractivity contribution in [2.45, 2.75) is 13.3 Å². The molecule has 0 unspecified atom stereocenters. The van der Waals surface area contributed by atoms with Gasteiger partial charge in [-0.1, -0.05) is 11.6 Å². The minimum atomic E-state index is -0.637. The van der Waals surface area contributed by atoms with Crippen molar-refractivity contribution in [1.29, 1.82) is 0 Å². The lowest BCUT2D eigenvalue weighted by molar-refractivity contribution is -0.384. The average molecular weight is 274 g/mol. The lowest BCUT2D eigenvalue weighted by atomic mass is 10.3. The van der Waals surface area contributed by atoms with Gasteiger partial charge in [0.2, 0.25) is 11.7 Å². The molecule has 8 heteroatoms. The van der Waals surface area contributed by atoms with Crippen LogP contribution in [0.5, 0.6) is 0 Å². The summed E-state index contributed by atoms with van der Waals surface area (Å²) in [5, 5.41) is 13.1. The number of carbonyl (C=O) groups excluding carboxylic acids is 1. The van der Waals surface area contributed by atoms with Crippen molar-refractivity contribution < 1.29 is 14.5 Å². The Labute approximate surface area is 108 Å². The van der Waals surface area contributed by atoms with Crippen LogP contribution in [0.2, 0.25) is 5.15 Å². The van der Waals surface area contributed by atoms with Crippen LogP contribution >= 0.6 is 11.6 Å². The zero-order valence-corrected chi connectivity index (χ0v) is 10.4. The summed E-state index contributed by atoms with van der Waals surface area (Å²) in [7, 11) is 0. The molecular weight excluding hydrogens is 262 g/mol. The maximum absolute atomic E-state index is 11.5. The van der Waals surface area contributed by atoms with Gasteiger partial charge in [0.05, 0.1) is 18.0 Å². The summed E-state index contributed by atoms with van der Waals surface area (Å²) in [5.41, 5.74) is -0.302. The summed E-state index contributed by atoms with van der Waals surface area (Å²) >= 11 is 5.62. The van der Waals surface area contributed by atoms with E-state index in [4.69, 9.17) is 16.3 Å². The van der Waals surface area contributed by atoms with E-state index in [9.17, 15) is 14.9 Å². The molecule has 0 spiro atoms. The Morgan fingerprint density at radius 3 is 2.94 bits per heavy atom. The van der Waals surface area contributed by atoms with Crippen molar-refractivity contribution >= 4 is 29.0 Å². The largest absolute Gasteiger partial charge is 0.381 e. The normalized spacial score (nSPS) is 10.1. The predicted molar refractivity (Wildman–Crippen MR) is 65.6 cm³/mol. The van der Waals surface area contributed by atoms with Crippen LogP contribution < -0.4 is 5.32 Å². The third-order valence-electron chi connectivity index (χ3n) is 1.97. The van der Waals surface area contributed by atoms with Gasteiger partial charge in [-0.3, -0.25) is 14.9 Å². The van der Waals surface area contributed by atoms with E-state index in [-0.39, 0.29) is 29.7 Å². The number of rotatable bonds is 6. The Bertz CT molecular complexity index is 453. The molecule has 18 heavy (non-hydrogen) atoms. The van der Waals surface area contributed by atoms with Crippen LogP contribution in [0.15, 0.2) is 12.1 Å². The third kappa shape index (κ3) is 4.27. The number of aromatic nitrogens is 1. The van der Waals surface area contributed by atoms with Gasteiger partial charge in [0.1, 0.15) is 5.15 Å². The van der Waals surface area contributed by atoms with E-state index in [1.165, 1.54) is 12.1 Å². The number of amides is 1. The molecule has 98 valence electrons. The number of nitro groups is 1. The number of anilines is 1. The van der Waals surface area contributed by atoms with E-state index in [2.05, 4.69) is 10.3 Å². The molecule has 0 aliphatic rings. The smallest absolute Gasteiger partial charge is 0.311 e. The summed E-state index contributed by atoms with van der Waals surface area (Å²) in [6.07, 6.45) is 0.0964. The van der Waals surface area contributed by atoms with Gasteiger partial charge in [-0.25, -0.2) is 4.98 Å². The topological polar surface area (TPSA) is 94.4 Å². The molecular formula is C10H12ClN3O4. The molecule has 0 aliphatic heterocycles. The Hall–Kier alpha value is -1.73. The fraction of sp³-hybridized carbons (Fsp3) is 0.400. The molecule has 0 aromatic carbocycles. The number of hydrogen-bond donors (Lipinski definition) is 1. The standard InChI is InChI=1S/C10H12ClN3O4/c1-2-18-6-5-9(15)13-10-7(14(16)17)3-4-8(11)12-10/h3-4H,2,5-6H2,1H3,(H,12,13,15). The number of pyridine rings is 1. The SMILES string of the molecule is CCOCCC(=O)Nc1nc(Cl)ccc1[N+](=O)[O-]. The van der Waals surface area contributed by atoms with Crippen molar-refractivity contribution in [3.8, 4) is 0 Å². The van der Waals surface area contributed by atoms with Gasteiger partial charge in [0.15, 0.2) is 0 Å².